The summed E-state index contributed by atoms with van der Waals surface area (Å²) in [6.07, 6.45) is 4.54. The lowest BCUT2D eigenvalue weighted by Gasteiger charge is -2.17. The summed E-state index contributed by atoms with van der Waals surface area (Å²) >= 11 is 0. The molecule has 1 saturated heterocycles. The molecule has 1 atom stereocenters. The molecule has 2 rings (SSSR count). The molecule has 1 fully saturated rings. The Bertz CT molecular complexity index is 286. The minimum Gasteiger partial charge on any atom is -0.370 e. The third-order valence-electron chi connectivity index (χ3n) is 2.71. The molecule has 1 aromatic heterocycles. The van der Waals surface area contributed by atoms with E-state index in [1.54, 1.807) is 0 Å². The Morgan fingerprint density at radius 1 is 1.36 bits per heavy atom. The van der Waals surface area contributed by atoms with Crippen LogP contribution < -0.4 is 10.6 Å². The smallest absolute Gasteiger partial charge is 0.0569 e. The maximum Gasteiger partial charge on any atom is 0.0569 e. The van der Waals surface area contributed by atoms with Crippen molar-refractivity contribution in [2.45, 2.75) is 25.8 Å². The summed E-state index contributed by atoms with van der Waals surface area (Å²) in [6, 6.07) is 4.18. The second kappa shape index (κ2) is 3.96. The van der Waals surface area contributed by atoms with Gasteiger partial charge in [-0.05, 0) is 31.9 Å². The monoisotopic (exact) mass is 191 g/mol. The fourth-order valence-corrected chi connectivity index (χ4v) is 1.83. The quantitative estimate of drug-likeness (QED) is 0.773. The van der Waals surface area contributed by atoms with Crippen molar-refractivity contribution >= 4 is 5.69 Å². The summed E-state index contributed by atoms with van der Waals surface area (Å²) in [6.45, 7) is 4.29. The van der Waals surface area contributed by atoms with Gasteiger partial charge < -0.3 is 10.6 Å². The molecule has 0 spiro atoms. The molecule has 0 radical (unpaired) electrons. The van der Waals surface area contributed by atoms with Gasteiger partial charge in [-0.2, -0.15) is 0 Å². The zero-order valence-electron chi connectivity index (χ0n) is 8.61. The molecule has 1 aliphatic heterocycles. The zero-order valence-corrected chi connectivity index (χ0v) is 8.61. The van der Waals surface area contributed by atoms with Crippen molar-refractivity contribution in [1.82, 2.24) is 4.98 Å². The van der Waals surface area contributed by atoms with E-state index in [-0.39, 0.29) is 6.04 Å². The topological polar surface area (TPSA) is 42.1 Å². The van der Waals surface area contributed by atoms with Gasteiger partial charge in [-0.25, -0.2) is 0 Å². The van der Waals surface area contributed by atoms with Crippen molar-refractivity contribution in [2.75, 3.05) is 18.0 Å². The molecule has 0 aliphatic carbocycles. The van der Waals surface area contributed by atoms with Crippen LogP contribution in [0.3, 0.4) is 0 Å². The normalized spacial score (nSPS) is 18.6. The molecule has 1 aliphatic rings. The second-order valence-corrected chi connectivity index (χ2v) is 3.92. The molecule has 14 heavy (non-hydrogen) atoms. The van der Waals surface area contributed by atoms with E-state index >= 15 is 0 Å². The molecule has 0 aromatic carbocycles. The van der Waals surface area contributed by atoms with E-state index in [1.165, 1.54) is 31.6 Å². The Morgan fingerprint density at radius 2 is 2.07 bits per heavy atom. The Kier molecular flexibility index (Phi) is 2.68. The summed E-state index contributed by atoms with van der Waals surface area (Å²) in [7, 11) is 0. The van der Waals surface area contributed by atoms with Gasteiger partial charge in [0, 0.05) is 19.1 Å². The van der Waals surface area contributed by atoms with Gasteiger partial charge in [0.05, 0.1) is 17.6 Å². The molecule has 76 valence electrons. The van der Waals surface area contributed by atoms with E-state index in [4.69, 9.17) is 5.73 Å². The summed E-state index contributed by atoms with van der Waals surface area (Å²) in [5.74, 6) is 0. The molecular weight excluding hydrogens is 174 g/mol. The van der Waals surface area contributed by atoms with Crippen molar-refractivity contribution in [2.24, 2.45) is 5.73 Å². The minimum atomic E-state index is 0.0302. The van der Waals surface area contributed by atoms with Gasteiger partial charge in [-0.1, -0.05) is 0 Å². The van der Waals surface area contributed by atoms with Crippen LogP contribution >= 0.6 is 0 Å². The molecule has 2 N–H and O–H groups in total. The summed E-state index contributed by atoms with van der Waals surface area (Å²) in [5.41, 5.74) is 7.94. The molecule has 1 aromatic rings. The first kappa shape index (κ1) is 9.46. The van der Waals surface area contributed by atoms with Crippen LogP contribution in [0.2, 0.25) is 0 Å². The average Bonchev–Trinajstić information content (AvgIpc) is 2.71. The predicted octanol–water partition coefficient (Wildman–Crippen LogP) is 1.70. The van der Waals surface area contributed by atoms with E-state index in [9.17, 15) is 0 Å². The van der Waals surface area contributed by atoms with Crippen LogP contribution in [0.5, 0.6) is 0 Å². The molecule has 0 bridgehead atoms. The first-order chi connectivity index (χ1) is 6.77. The van der Waals surface area contributed by atoms with Gasteiger partial charge in [0.25, 0.3) is 0 Å². The van der Waals surface area contributed by atoms with Crippen molar-refractivity contribution < 1.29 is 0 Å². The number of nitrogens with two attached hydrogens (primary N) is 1. The standard InChI is InChI=1S/C11H17N3/c1-9(12)11-5-4-10(8-13-11)14-6-2-3-7-14/h4-5,8-9H,2-3,6-7,12H2,1H3/t9-/m1/s1. The Hall–Kier alpha value is -1.09. The Balaban J connectivity index is 2.12. The van der Waals surface area contributed by atoms with Crippen molar-refractivity contribution in [1.29, 1.82) is 0 Å². The fraction of sp³-hybridized carbons (Fsp3) is 0.545. The number of aromatic nitrogens is 1. The summed E-state index contributed by atoms with van der Waals surface area (Å²) < 4.78 is 0. The maximum atomic E-state index is 5.74. The lowest BCUT2D eigenvalue weighted by molar-refractivity contribution is 0.779. The van der Waals surface area contributed by atoms with Crippen molar-refractivity contribution in [3.8, 4) is 0 Å². The van der Waals surface area contributed by atoms with Crippen LogP contribution in [0.1, 0.15) is 31.5 Å². The first-order valence-corrected chi connectivity index (χ1v) is 5.24. The third-order valence-corrected chi connectivity index (χ3v) is 2.71. The molecule has 0 amide bonds. The van der Waals surface area contributed by atoms with E-state index in [1.807, 2.05) is 19.2 Å². The largest absolute Gasteiger partial charge is 0.370 e. The van der Waals surface area contributed by atoms with Crippen LogP contribution in [0.4, 0.5) is 5.69 Å². The van der Waals surface area contributed by atoms with Crippen LogP contribution in [0.25, 0.3) is 0 Å². The highest BCUT2D eigenvalue weighted by Gasteiger charge is 2.12. The van der Waals surface area contributed by atoms with Gasteiger partial charge >= 0.3 is 0 Å². The number of hydrogen-bond acceptors (Lipinski definition) is 3. The van der Waals surface area contributed by atoms with E-state index in [0.717, 1.165) is 5.69 Å². The van der Waals surface area contributed by atoms with Gasteiger partial charge in [0.1, 0.15) is 0 Å². The van der Waals surface area contributed by atoms with Gasteiger partial charge in [-0.15, -0.1) is 0 Å². The van der Waals surface area contributed by atoms with Crippen LogP contribution in [0.15, 0.2) is 18.3 Å². The number of anilines is 1. The fourth-order valence-electron chi connectivity index (χ4n) is 1.83. The lowest BCUT2D eigenvalue weighted by atomic mass is 10.2. The maximum absolute atomic E-state index is 5.74. The minimum absolute atomic E-state index is 0.0302. The third kappa shape index (κ3) is 1.87. The summed E-state index contributed by atoms with van der Waals surface area (Å²) in [4.78, 5) is 6.73. The van der Waals surface area contributed by atoms with Crippen LogP contribution in [-0.2, 0) is 0 Å². The van der Waals surface area contributed by atoms with Gasteiger partial charge in [0.15, 0.2) is 0 Å². The SMILES string of the molecule is C[C@@H](N)c1ccc(N2CCCC2)cn1. The number of nitrogens with zero attached hydrogens (tertiary/aromatic N) is 2. The van der Waals surface area contributed by atoms with Gasteiger partial charge in [0.2, 0.25) is 0 Å². The zero-order chi connectivity index (χ0) is 9.97. The molecule has 3 heteroatoms. The van der Waals surface area contributed by atoms with Crippen molar-refractivity contribution in [3.05, 3.63) is 24.0 Å². The number of pyridine rings is 1. The molecule has 3 nitrogen and oxygen atoms in total. The van der Waals surface area contributed by atoms with E-state index in [2.05, 4.69) is 16.0 Å². The highest BCUT2D eigenvalue weighted by molar-refractivity contribution is 5.45. The highest BCUT2D eigenvalue weighted by Crippen LogP contribution is 2.19. The Labute approximate surface area is 84.9 Å². The van der Waals surface area contributed by atoms with Crippen molar-refractivity contribution in [3.63, 3.8) is 0 Å². The second-order valence-electron chi connectivity index (χ2n) is 3.92. The molecule has 2 heterocycles. The summed E-state index contributed by atoms with van der Waals surface area (Å²) in [5, 5.41) is 0. The predicted molar refractivity (Wildman–Crippen MR) is 58.3 cm³/mol. The average molecular weight is 191 g/mol. The van der Waals surface area contributed by atoms with Crippen LogP contribution in [0, 0.1) is 0 Å². The molecule has 0 unspecified atom stereocenters. The molecule has 0 saturated carbocycles. The lowest BCUT2D eigenvalue weighted by Crippen LogP contribution is -2.18. The number of hydrogen-bond donors (Lipinski definition) is 1. The van der Waals surface area contributed by atoms with E-state index in [0.29, 0.717) is 0 Å². The van der Waals surface area contributed by atoms with Gasteiger partial charge in [-0.3, -0.25) is 4.98 Å². The highest BCUT2D eigenvalue weighted by atomic mass is 15.1. The number of rotatable bonds is 2. The Morgan fingerprint density at radius 3 is 2.57 bits per heavy atom. The van der Waals surface area contributed by atoms with Crippen LogP contribution in [-0.4, -0.2) is 18.1 Å². The van der Waals surface area contributed by atoms with E-state index < -0.39 is 0 Å². The molecular formula is C11H17N3. The first-order valence-electron chi connectivity index (χ1n) is 5.24.